The first-order valence-electron chi connectivity index (χ1n) is 7.39. The number of hydrogen-bond acceptors (Lipinski definition) is 3. The van der Waals surface area contributed by atoms with E-state index in [0.717, 1.165) is 32.1 Å². The molecule has 0 unspecified atom stereocenters. The van der Waals surface area contributed by atoms with E-state index < -0.39 is 23.7 Å². The average Bonchev–Trinajstić information content (AvgIpc) is 2.49. The zero-order valence-electron chi connectivity index (χ0n) is 12.2. The molecule has 23 heavy (non-hydrogen) atoms. The van der Waals surface area contributed by atoms with Crippen molar-refractivity contribution in [3.8, 4) is 11.5 Å². The van der Waals surface area contributed by atoms with E-state index >= 15 is 0 Å². The van der Waals surface area contributed by atoms with Crippen LogP contribution in [0.4, 0.5) is 17.6 Å². The minimum absolute atomic E-state index is 0.345. The number of hydrogen-bond donors (Lipinski definition) is 1. The number of rotatable bonds is 2. The third-order valence-corrected chi connectivity index (χ3v) is 5.28. The zero-order valence-corrected chi connectivity index (χ0v) is 13.8. The summed E-state index contributed by atoms with van der Waals surface area (Å²) in [7, 11) is 0. The summed E-state index contributed by atoms with van der Waals surface area (Å²) in [5.74, 6) is -0.808. The molecule has 0 saturated heterocycles. The molecule has 0 bridgehead atoms. The lowest BCUT2D eigenvalue weighted by Gasteiger charge is -2.39. The molecule has 3 nitrogen and oxygen atoms in total. The Hall–Kier alpha value is -1.02. The predicted molar refractivity (Wildman–Crippen MR) is 79.1 cm³/mol. The molecule has 1 heterocycles. The lowest BCUT2D eigenvalue weighted by atomic mass is 9.69. The summed E-state index contributed by atoms with van der Waals surface area (Å²) < 4.78 is 62.2. The molecule has 0 spiro atoms. The van der Waals surface area contributed by atoms with Crippen molar-refractivity contribution in [1.29, 1.82) is 0 Å². The summed E-state index contributed by atoms with van der Waals surface area (Å²) in [5, 5.41) is 0. The first-order valence-corrected chi connectivity index (χ1v) is 8.18. The van der Waals surface area contributed by atoms with Crippen molar-refractivity contribution >= 4 is 15.9 Å². The number of benzene rings is 1. The van der Waals surface area contributed by atoms with E-state index in [1.165, 1.54) is 12.1 Å². The van der Waals surface area contributed by atoms with Crippen LogP contribution in [0.2, 0.25) is 0 Å². The second-order valence-electron chi connectivity index (χ2n) is 6.06. The molecule has 1 fully saturated rings. The van der Waals surface area contributed by atoms with Crippen LogP contribution < -0.4 is 15.2 Å². The summed E-state index contributed by atoms with van der Waals surface area (Å²) in [6, 6.07) is 2.60. The molecule has 0 radical (unpaired) electrons. The molecule has 1 aliphatic heterocycles. The maximum atomic E-state index is 13.4. The molecule has 2 N–H and O–H groups in total. The molecule has 8 heteroatoms. The van der Waals surface area contributed by atoms with Crippen LogP contribution >= 0.6 is 15.9 Å². The van der Waals surface area contributed by atoms with Gasteiger partial charge >= 0.3 is 12.2 Å². The highest BCUT2D eigenvalue weighted by molar-refractivity contribution is 9.10. The van der Waals surface area contributed by atoms with Gasteiger partial charge in [-0.1, -0.05) is 35.2 Å². The van der Waals surface area contributed by atoms with E-state index in [0.29, 0.717) is 16.6 Å². The van der Waals surface area contributed by atoms with Gasteiger partial charge in [0.15, 0.2) is 11.5 Å². The predicted octanol–water partition coefficient (Wildman–Crippen LogP) is 4.57. The molecule has 1 saturated carbocycles. The molecule has 2 aliphatic rings. The maximum Gasteiger partial charge on any atom is 0.507 e. The average molecular weight is 398 g/mol. The lowest BCUT2D eigenvalue weighted by molar-refractivity contribution is -0.391. The van der Waals surface area contributed by atoms with E-state index in [9.17, 15) is 17.6 Å². The highest BCUT2D eigenvalue weighted by Gasteiger charge is 2.66. The van der Waals surface area contributed by atoms with Crippen LogP contribution in [0.15, 0.2) is 16.6 Å². The summed E-state index contributed by atoms with van der Waals surface area (Å²) in [6.45, 7) is 0.345. The van der Waals surface area contributed by atoms with Gasteiger partial charge < -0.3 is 15.2 Å². The molecule has 1 aliphatic carbocycles. The SMILES string of the molecule is NCC1(c2cc3c(cc2Br)OC(F)(F)C(F)(F)O3)CCCCC1. The van der Waals surface area contributed by atoms with Crippen molar-refractivity contribution in [2.75, 3.05) is 6.54 Å². The summed E-state index contributed by atoms with van der Waals surface area (Å²) in [6.07, 6.45) is -4.75. The minimum atomic E-state index is -4.71. The molecule has 0 atom stereocenters. The first-order chi connectivity index (χ1) is 10.7. The topological polar surface area (TPSA) is 44.5 Å². The number of fused-ring (bicyclic) bond motifs is 1. The maximum absolute atomic E-state index is 13.4. The van der Waals surface area contributed by atoms with E-state index in [-0.39, 0.29) is 5.41 Å². The van der Waals surface area contributed by atoms with Gasteiger partial charge in [-0.2, -0.15) is 17.6 Å². The van der Waals surface area contributed by atoms with Crippen molar-refractivity contribution in [3.05, 3.63) is 22.2 Å². The van der Waals surface area contributed by atoms with Crippen LogP contribution in [0, 0.1) is 0 Å². The molecule has 0 amide bonds. The van der Waals surface area contributed by atoms with Crippen LogP contribution in [-0.4, -0.2) is 18.8 Å². The molecular formula is C15H16BrF4NO2. The second-order valence-corrected chi connectivity index (χ2v) is 6.92. The third-order valence-electron chi connectivity index (χ3n) is 4.62. The smallest absolute Gasteiger partial charge is 0.421 e. The van der Waals surface area contributed by atoms with Crippen LogP contribution in [-0.2, 0) is 5.41 Å². The van der Waals surface area contributed by atoms with E-state index in [4.69, 9.17) is 5.73 Å². The van der Waals surface area contributed by atoms with Gasteiger partial charge in [0.1, 0.15) is 0 Å². The van der Waals surface area contributed by atoms with Crippen LogP contribution in [0.25, 0.3) is 0 Å². The van der Waals surface area contributed by atoms with Crippen molar-refractivity contribution in [2.24, 2.45) is 5.73 Å². The molecule has 3 rings (SSSR count). The second kappa shape index (κ2) is 5.51. The van der Waals surface area contributed by atoms with Gasteiger partial charge in [0, 0.05) is 16.4 Å². The standard InChI is InChI=1S/C15H16BrF4NO2/c16-10-7-12-11(22-14(17,18)15(19,20)23-12)6-9(10)13(8-21)4-2-1-3-5-13/h6-7H,1-5,8,21H2. The largest absolute Gasteiger partial charge is 0.507 e. The summed E-state index contributed by atoms with van der Waals surface area (Å²) in [5.41, 5.74) is 6.28. The Morgan fingerprint density at radius 3 is 2.00 bits per heavy atom. The highest BCUT2D eigenvalue weighted by Crippen LogP contribution is 2.51. The van der Waals surface area contributed by atoms with Gasteiger partial charge in [-0.05, 0) is 30.5 Å². The minimum Gasteiger partial charge on any atom is -0.421 e. The van der Waals surface area contributed by atoms with Crippen molar-refractivity contribution in [2.45, 2.75) is 49.7 Å². The molecule has 0 aromatic heterocycles. The zero-order chi connectivity index (χ0) is 16.9. The van der Waals surface area contributed by atoms with Gasteiger partial charge in [0.05, 0.1) is 0 Å². The lowest BCUT2D eigenvalue weighted by Crippen LogP contribution is -2.52. The summed E-state index contributed by atoms with van der Waals surface area (Å²) in [4.78, 5) is 0. The number of nitrogens with two attached hydrogens (primary N) is 1. The Morgan fingerprint density at radius 2 is 1.48 bits per heavy atom. The third kappa shape index (κ3) is 2.69. The van der Waals surface area contributed by atoms with E-state index in [1.807, 2.05) is 0 Å². The van der Waals surface area contributed by atoms with Gasteiger partial charge in [0.2, 0.25) is 0 Å². The fraction of sp³-hybridized carbons (Fsp3) is 0.600. The Morgan fingerprint density at radius 1 is 0.957 bits per heavy atom. The molecule has 1 aromatic carbocycles. The Kier molecular flexibility index (Phi) is 4.03. The van der Waals surface area contributed by atoms with E-state index in [2.05, 4.69) is 25.4 Å². The monoisotopic (exact) mass is 397 g/mol. The van der Waals surface area contributed by atoms with Gasteiger partial charge in [0.25, 0.3) is 0 Å². The Bertz CT molecular complexity index is 618. The molecular weight excluding hydrogens is 382 g/mol. The first kappa shape index (κ1) is 16.8. The van der Waals surface area contributed by atoms with E-state index in [1.54, 1.807) is 0 Å². The van der Waals surface area contributed by atoms with Crippen molar-refractivity contribution in [1.82, 2.24) is 0 Å². The fourth-order valence-electron chi connectivity index (χ4n) is 3.31. The van der Waals surface area contributed by atoms with Crippen molar-refractivity contribution < 1.29 is 27.0 Å². The normalized spacial score (nSPS) is 24.3. The highest BCUT2D eigenvalue weighted by atomic mass is 79.9. The van der Waals surface area contributed by atoms with Crippen LogP contribution in [0.1, 0.15) is 37.7 Å². The van der Waals surface area contributed by atoms with Crippen LogP contribution in [0.3, 0.4) is 0 Å². The molecule has 128 valence electrons. The number of ether oxygens (including phenoxy) is 2. The fourth-order valence-corrected chi connectivity index (χ4v) is 4.05. The van der Waals surface area contributed by atoms with Gasteiger partial charge in [-0.3, -0.25) is 0 Å². The Balaban J connectivity index is 2.06. The summed E-state index contributed by atoms with van der Waals surface area (Å²) >= 11 is 3.33. The molecule has 1 aromatic rings. The quantitative estimate of drug-likeness (QED) is 0.743. The number of halogens is 5. The van der Waals surface area contributed by atoms with Crippen molar-refractivity contribution in [3.63, 3.8) is 0 Å². The Labute approximate surface area is 139 Å². The van der Waals surface area contributed by atoms with Gasteiger partial charge in [-0.15, -0.1) is 0 Å². The van der Waals surface area contributed by atoms with Crippen LogP contribution in [0.5, 0.6) is 11.5 Å². The number of alkyl halides is 4. The van der Waals surface area contributed by atoms with Gasteiger partial charge in [-0.25, -0.2) is 0 Å².